The predicted octanol–water partition coefficient (Wildman–Crippen LogP) is 0.866. The van der Waals surface area contributed by atoms with Gasteiger partial charge in [0.2, 0.25) is 5.91 Å². The Balaban J connectivity index is 1.92. The van der Waals surface area contributed by atoms with Crippen molar-refractivity contribution in [2.24, 2.45) is 0 Å². The summed E-state index contributed by atoms with van der Waals surface area (Å²) in [7, 11) is 1.49. The second kappa shape index (κ2) is 7.93. The number of rotatable bonds is 6. The summed E-state index contributed by atoms with van der Waals surface area (Å²) >= 11 is 0. The van der Waals surface area contributed by atoms with Crippen molar-refractivity contribution >= 4 is 11.8 Å². The van der Waals surface area contributed by atoms with E-state index in [1.165, 1.54) is 7.11 Å². The first-order chi connectivity index (χ1) is 10.6. The van der Waals surface area contributed by atoms with E-state index in [1.807, 2.05) is 11.8 Å². The molecule has 2 rings (SSSR count). The van der Waals surface area contributed by atoms with Crippen molar-refractivity contribution in [3.05, 3.63) is 17.5 Å². The summed E-state index contributed by atoms with van der Waals surface area (Å²) in [5.74, 6) is -0.0963. The zero-order valence-corrected chi connectivity index (χ0v) is 13.2. The number of hydrogen-bond acceptors (Lipinski definition) is 4. The summed E-state index contributed by atoms with van der Waals surface area (Å²) < 4.78 is 4.78. The summed E-state index contributed by atoms with van der Waals surface area (Å²) in [5.41, 5.74) is 1.43. The summed E-state index contributed by atoms with van der Waals surface area (Å²) in [5, 5.41) is 9.55. The van der Waals surface area contributed by atoms with E-state index in [9.17, 15) is 9.59 Å². The van der Waals surface area contributed by atoms with E-state index in [-0.39, 0.29) is 24.5 Å². The molecule has 0 radical (unpaired) electrons. The molecular formula is C15H24N4O3. The van der Waals surface area contributed by atoms with Crippen molar-refractivity contribution < 1.29 is 14.3 Å². The van der Waals surface area contributed by atoms with Gasteiger partial charge in [-0.3, -0.25) is 14.7 Å². The van der Waals surface area contributed by atoms with Crippen LogP contribution in [0.2, 0.25) is 0 Å². The van der Waals surface area contributed by atoms with Gasteiger partial charge in [0, 0.05) is 31.9 Å². The van der Waals surface area contributed by atoms with Crippen LogP contribution >= 0.6 is 0 Å². The van der Waals surface area contributed by atoms with Crippen LogP contribution in [0.3, 0.4) is 0 Å². The molecule has 1 unspecified atom stereocenters. The van der Waals surface area contributed by atoms with Crippen LogP contribution in [-0.4, -0.2) is 59.8 Å². The Morgan fingerprint density at radius 1 is 1.50 bits per heavy atom. The maximum Gasteiger partial charge on any atom is 0.257 e. The summed E-state index contributed by atoms with van der Waals surface area (Å²) in [6, 6.07) is 0.165. The third-order valence-corrected chi connectivity index (χ3v) is 4.02. The van der Waals surface area contributed by atoms with Crippen molar-refractivity contribution in [1.29, 1.82) is 0 Å². The molecule has 7 nitrogen and oxygen atoms in total. The molecule has 0 bridgehead atoms. The zero-order valence-electron chi connectivity index (χ0n) is 13.2. The number of piperidine rings is 1. The van der Waals surface area contributed by atoms with Crippen LogP contribution in [0.4, 0.5) is 0 Å². The Bertz CT molecular complexity index is 515. The van der Waals surface area contributed by atoms with Crippen LogP contribution in [0.5, 0.6) is 0 Å². The normalized spacial score (nSPS) is 18.3. The molecule has 1 aromatic rings. The minimum atomic E-state index is -0.123. The number of aromatic nitrogens is 2. The lowest BCUT2D eigenvalue weighted by Crippen LogP contribution is -2.45. The fourth-order valence-corrected chi connectivity index (χ4v) is 2.85. The Hall–Kier alpha value is -1.89. The van der Waals surface area contributed by atoms with Crippen molar-refractivity contribution in [3.63, 3.8) is 0 Å². The highest BCUT2D eigenvalue weighted by Crippen LogP contribution is 2.22. The van der Waals surface area contributed by atoms with Crippen molar-refractivity contribution in [2.75, 3.05) is 26.8 Å². The van der Waals surface area contributed by atoms with Crippen LogP contribution in [0.1, 0.15) is 41.7 Å². The highest BCUT2D eigenvalue weighted by Gasteiger charge is 2.28. The summed E-state index contributed by atoms with van der Waals surface area (Å²) in [4.78, 5) is 26.0. The van der Waals surface area contributed by atoms with Gasteiger partial charge in [-0.15, -0.1) is 0 Å². The molecule has 1 fully saturated rings. The average molecular weight is 308 g/mol. The number of hydrogen-bond donors (Lipinski definition) is 2. The number of aromatic amines is 1. The van der Waals surface area contributed by atoms with E-state index in [2.05, 4.69) is 15.5 Å². The highest BCUT2D eigenvalue weighted by atomic mass is 16.5. The second-order valence-electron chi connectivity index (χ2n) is 5.63. The Morgan fingerprint density at radius 2 is 2.32 bits per heavy atom. The predicted molar refractivity (Wildman–Crippen MR) is 81.5 cm³/mol. The molecule has 1 aliphatic rings. The maximum absolute atomic E-state index is 12.7. The maximum atomic E-state index is 12.7. The number of nitrogens with one attached hydrogen (secondary N) is 2. The van der Waals surface area contributed by atoms with E-state index in [0.717, 1.165) is 37.9 Å². The quantitative estimate of drug-likeness (QED) is 0.816. The van der Waals surface area contributed by atoms with E-state index in [4.69, 9.17) is 4.74 Å². The van der Waals surface area contributed by atoms with E-state index >= 15 is 0 Å². The number of H-pyrrole nitrogens is 1. The minimum Gasteiger partial charge on any atom is -0.375 e. The van der Waals surface area contributed by atoms with Gasteiger partial charge < -0.3 is 15.0 Å². The molecule has 0 aromatic carbocycles. The molecule has 2 heterocycles. The monoisotopic (exact) mass is 308 g/mol. The molecule has 1 aliphatic heterocycles. The number of amides is 2. The number of ether oxygens (including phenoxy) is 1. The second-order valence-corrected chi connectivity index (χ2v) is 5.63. The molecule has 0 aliphatic carbocycles. The lowest BCUT2D eigenvalue weighted by molar-refractivity contribution is -0.124. The van der Waals surface area contributed by atoms with Gasteiger partial charge in [-0.1, -0.05) is 0 Å². The molecule has 1 atom stereocenters. The molecule has 0 spiro atoms. The van der Waals surface area contributed by atoms with Gasteiger partial charge in [0.1, 0.15) is 6.61 Å². The van der Waals surface area contributed by atoms with Gasteiger partial charge >= 0.3 is 0 Å². The first-order valence-electron chi connectivity index (χ1n) is 7.70. The molecule has 0 saturated carbocycles. The molecule has 2 amide bonds. The SMILES string of the molecule is COCC(=O)NCCC1CCCCN1C(=O)c1cn[nH]c1C. The van der Waals surface area contributed by atoms with Crippen LogP contribution in [-0.2, 0) is 9.53 Å². The molecule has 1 saturated heterocycles. The van der Waals surface area contributed by atoms with Crippen LogP contribution in [0, 0.1) is 6.92 Å². The number of methoxy groups -OCH3 is 1. The smallest absolute Gasteiger partial charge is 0.257 e. The van der Waals surface area contributed by atoms with Gasteiger partial charge in [-0.05, 0) is 32.6 Å². The van der Waals surface area contributed by atoms with Gasteiger partial charge in [-0.25, -0.2) is 0 Å². The highest BCUT2D eigenvalue weighted by molar-refractivity contribution is 5.95. The Kier molecular flexibility index (Phi) is 5.94. The van der Waals surface area contributed by atoms with E-state index in [0.29, 0.717) is 12.1 Å². The fraction of sp³-hybridized carbons (Fsp3) is 0.667. The van der Waals surface area contributed by atoms with E-state index < -0.39 is 0 Å². The van der Waals surface area contributed by atoms with Crippen molar-refractivity contribution in [3.8, 4) is 0 Å². The Morgan fingerprint density at radius 3 is 3.00 bits per heavy atom. The molecular weight excluding hydrogens is 284 g/mol. The first-order valence-corrected chi connectivity index (χ1v) is 7.70. The van der Waals surface area contributed by atoms with Crippen molar-refractivity contribution in [2.45, 2.75) is 38.6 Å². The minimum absolute atomic E-state index is 0.0270. The largest absolute Gasteiger partial charge is 0.375 e. The lowest BCUT2D eigenvalue weighted by Gasteiger charge is -2.36. The van der Waals surface area contributed by atoms with Crippen LogP contribution in [0.25, 0.3) is 0 Å². The van der Waals surface area contributed by atoms with Gasteiger partial charge in [0.25, 0.3) is 5.91 Å². The molecule has 22 heavy (non-hydrogen) atoms. The number of likely N-dealkylation sites (tertiary alicyclic amines) is 1. The number of carbonyl (C=O) groups is 2. The number of carbonyl (C=O) groups excluding carboxylic acids is 2. The van der Waals surface area contributed by atoms with Gasteiger partial charge in [0.15, 0.2) is 0 Å². The average Bonchev–Trinajstić information content (AvgIpc) is 2.93. The summed E-state index contributed by atoms with van der Waals surface area (Å²) in [6.07, 6.45) is 5.46. The van der Waals surface area contributed by atoms with E-state index in [1.54, 1.807) is 6.20 Å². The summed E-state index contributed by atoms with van der Waals surface area (Å²) in [6.45, 7) is 3.24. The first kappa shape index (κ1) is 16.5. The van der Waals surface area contributed by atoms with Crippen LogP contribution < -0.4 is 5.32 Å². The standard InChI is InChI=1S/C15H24N4O3/c1-11-13(9-17-18-11)15(21)19-8-4-3-5-12(19)6-7-16-14(20)10-22-2/h9,12H,3-8,10H2,1-2H3,(H,16,20)(H,17,18). The number of aryl methyl sites for hydroxylation is 1. The molecule has 2 N–H and O–H groups in total. The molecule has 122 valence electrons. The van der Waals surface area contributed by atoms with Crippen molar-refractivity contribution in [1.82, 2.24) is 20.4 Å². The van der Waals surface area contributed by atoms with Crippen LogP contribution in [0.15, 0.2) is 6.20 Å². The molecule has 1 aromatic heterocycles. The topological polar surface area (TPSA) is 87.3 Å². The fourth-order valence-electron chi connectivity index (χ4n) is 2.85. The van der Waals surface area contributed by atoms with Gasteiger partial charge in [0.05, 0.1) is 11.8 Å². The molecule has 7 heteroatoms. The Labute approximate surface area is 130 Å². The third kappa shape index (κ3) is 4.07. The zero-order chi connectivity index (χ0) is 15.9. The van der Waals surface area contributed by atoms with Gasteiger partial charge in [-0.2, -0.15) is 5.10 Å². The third-order valence-electron chi connectivity index (χ3n) is 4.02. The lowest BCUT2D eigenvalue weighted by atomic mass is 9.98. The number of nitrogens with zero attached hydrogens (tertiary/aromatic N) is 2.